The summed E-state index contributed by atoms with van der Waals surface area (Å²) in [6, 6.07) is 3.33. The summed E-state index contributed by atoms with van der Waals surface area (Å²) in [6.45, 7) is 7.75. The van der Waals surface area contributed by atoms with E-state index in [1.54, 1.807) is 6.07 Å². The van der Waals surface area contributed by atoms with E-state index in [1.165, 1.54) is 0 Å². The monoisotopic (exact) mass is 523 g/mol. The van der Waals surface area contributed by atoms with Gasteiger partial charge in [0.15, 0.2) is 0 Å². The molecule has 1 aromatic carbocycles. The largest absolute Gasteiger partial charge is 0.375 e. The summed E-state index contributed by atoms with van der Waals surface area (Å²) in [6.07, 6.45) is 6.13. The normalized spacial score (nSPS) is 28.9. The van der Waals surface area contributed by atoms with Crippen LogP contribution in [0.25, 0.3) is 0 Å². The van der Waals surface area contributed by atoms with Gasteiger partial charge in [0, 0.05) is 44.3 Å². The number of benzene rings is 1. The highest BCUT2D eigenvalue weighted by molar-refractivity contribution is 6.24. The van der Waals surface area contributed by atoms with Gasteiger partial charge in [-0.1, -0.05) is 6.92 Å². The predicted octanol–water partition coefficient (Wildman–Crippen LogP) is 1.07. The van der Waals surface area contributed by atoms with Crippen molar-refractivity contribution < 1.29 is 23.9 Å². The van der Waals surface area contributed by atoms with Gasteiger partial charge in [-0.05, 0) is 69.3 Å². The Morgan fingerprint density at radius 1 is 0.921 bits per heavy atom. The Morgan fingerprint density at radius 3 is 2.34 bits per heavy atom. The van der Waals surface area contributed by atoms with Gasteiger partial charge in [-0.15, -0.1) is 0 Å². The van der Waals surface area contributed by atoms with Crippen LogP contribution in [0.4, 0.5) is 5.69 Å². The first-order valence-corrected chi connectivity index (χ1v) is 14.2. The number of piperazine rings is 1. The highest BCUT2D eigenvalue weighted by atomic mass is 16.5. The van der Waals surface area contributed by atoms with Crippen molar-refractivity contribution in [1.82, 2.24) is 20.4 Å². The summed E-state index contributed by atoms with van der Waals surface area (Å²) < 4.78 is 6.31. The second-order valence-electron chi connectivity index (χ2n) is 11.1. The molecule has 1 aliphatic carbocycles. The quantitative estimate of drug-likeness (QED) is 0.533. The smallest absolute Gasteiger partial charge is 0.262 e. The molecule has 0 bridgehead atoms. The first kappa shape index (κ1) is 25.5. The van der Waals surface area contributed by atoms with E-state index in [9.17, 15) is 19.2 Å². The van der Waals surface area contributed by atoms with Crippen LogP contribution in [0.3, 0.4) is 0 Å². The molecule has 3 saturated heterocycles. The maximum atomic E-state index is 13.5. The molecule has 10 heteroatoms. The van der Waals surface area contributed by atoms with Crippen molar-refractivity contribution in [2.75, 3.05) is 44.2 Å². The van der Waals surface area contributed by atoms with E-state index in [-0.39, 0.29) is 18.7 Å². The molecular weight excluding hydrogens is 486 g/mol. The van der Waals surface area contributed by atoms with Gasteiger partial charge in [-0.3, -0.25) is 34.3 Å². The third kappa shape index (κ3) is 4.52. The lowest BCUT2D eigenvalue weighted by Gasteiger charge is -2.47. The second kappa shape index (κ2) is 10.4. The molecule has 5 aliphatic rings. The molecule has 1 atom stereocenters. The fourth-order valence-electron chi connectivity index (χ4n) is 6.75. The maximum absolute atomic E-state index is 13.5. The van der Waals surface area contributed by atoms with Crippen LogP contribution >= 0.6 is 0 Å². The van der Waals surface area contributed by atoms with E-state index in [2.05, 4.69) is 20.4 Å². The van der Waals surface area contributed by atoms with Gasteiger partial charge in [0.2, 0.25) is 11.8 Å². The molecule has 1 saturated carbocycles. The second-order valence-corrected chi connectivity index (χ2v) is 11.1. The predicted molar refractivity (Wildman–Crippen MR) is 140 cm³/mol. The molecule has 2 N–H and O–H groups in total. The minimum Gasteiger partial charge on any atom is -0.375 e. The number of piperidine rings is 2. The lowest BCUT2D eigenvalue weighted by Crippen LogP contribution is -2.56. The lowest BCUT2D eigenvalue weighted by molar-refractivity contribution is -0.136. The molecule has 10 nitrogen and oxygen atoms in total. The Kier molecular flexibility index (Phi) is 6.96. The third-order valence-electron chi connectivity index (χ3n) is 8.96. The molecule has 6 rings (SSSR count). The first-order valence-electron chi connectivity index (χ1n) is 14.2. The fourth-order valence-corrected chi connectivity index (χ4v) is 6.75. The van der Waals surface area contributed by atoms with Gasteiger partial charge in [0.1, 0.15) is 6.04 Å². The highest BCUT2D eigenvalue weighted by Gasteiger charge is 2.46. The van der Waals surface area contributed by atoms with E-state index in [4.69, 9.17) is 4.74 Å². The van der Waals surface area contributed by atoms with E-state index in [0.717, 1.165) is 81.1 Å². The Labute approximate surface area is 223 Å². The van der Waals surface area contributed by atoms with Crippen LogP contribution < -0.4 is 15.5 Å². The average Bonchev–Trinajstić information content (AvgIpc) is 3.16. The molecule has 4 fully saturated rings. The molecular formula is C28H37N5O5. The van der Waals surface area contributed by atoms with Crippen molar-refractivity contribution in [2.45, 2.75) is 76.2 Å². The number of rotatable bonds is 6. The summed E-state index contributed by atoms with van der Waals surface area (Å²) in [4.78, 5) is 56.7. The third-order valence-corrected chi connectivity index (χ3v) is 8.96. The van der Waals surface area contributed by atoms with Crippen LogP contribution in [0.1, 0.15) is 71.7 Å². The molecule has 4 amide bonds. The molecule has 0 spiro atoms. The van der Waals surface area contributed by atoms with Crippen LogP contribution in [0.15, 0.2) is 12.1 Å². The first-order chi connectivity index (χ1) is 18.4. The maximum Gasteiger partial charge on any atom is 0.262 e. The van der Waals surface area contributed by atoms with Crippen molar-refractivity contribution in [1.29, 1.82) is 0 Å². The zero-order chi connectivity index (χ0) is 26.4. The molecule has 0 aromatic heterocycles. The molecule has 0 radical (unpaired) electrons. The number of imide groups is 2. The van der Waals surface area contributed by atoms with Gasteiger partial charge in [0.25, 0.3) is 11.8 Å². The number of ether oxygens (including phenoxy) is 1. The standard InChI is InChI=1S/C28H37N5O5/c1-2-20-22(4-3-21-25(20)28(37)33(27(21)36)23-5-6-24(34)30-26(23)35)32-13-11-31(12-14-32)17-15-19(16-17)38-18-7-9-29-10-8-18/h3-4,17-19,23,29H,2,5-16H2,1H3,(H,30,34,35). The Balaban J connectivity index is 1.10. The van der Waals surface area contributed by atoms with Gasteiger partial charge in [-0.2, -0.15) is 0 Å². The minimum atomic E-state index is -0.943. The zero-order valence-corrected chi connectivity index (χ0v) is 22.0. The van der Waals surface area contributed by atoms with E-state index < -0.39 is 23.8 Å². The number of carbonyl (C=O) groups is 4. The number of amides is 4. The molecule has 1 unspecified atom stereocenters. The zero-order valence-electron chi connectivity index (χ0n) is 22.0. The average molecular weight is 524 g/mol. The van der Waals surface area contributed by atoms with Crippen LogP contribution in [0.2, 0.25) is 0 Å². The van der Waals surface area contributed by atoms with Gasteiger partial charge in [0.05, 0.1) is 23.3 Å². The Bertz CT molecular complexity index is 1130. The number of fused-ring (bicyclic) bond motifs is 1. The summed E-state index contributed by atoms with van der Waals surface area (Å²) in [5.74, 6) is -1.82. The summed E-state index contributed by atoms with van der Waals surface area (Å²) in [7, 11) is 0. The highest BCUT2D eigenvalue weighted by Crippen LogP contribution is 2.37. The number of hydrogen-bond donors (Lipinski definition) is 2. The van der Waals surface area contributed by atoms with Crippen LogP contribution in [0.5, 0.6) is 0 Å². The van der Waals surface area contributed by atoms with Crippen molar-refractivity contribution in [3.63, 3.8) is 0 Å². The molecule has 1 aromatic rings. The van der Waals surface area contributed by atoms with Gasteiger partial charge >= 0.3 is 0 Å². The van der Waals surface area contributed by atoms with Gasteiger partial charge in [-0.25, -0.2) is 0 Å². The molecule has 38 heavy (non-hydrogen) atoms. The topological polar surface area (TPSA) is 111 Å². The number of nitrogens with one attached hydrogen (secondary N) is 2. The lowest BCUT2D eigenvalue weighted by atomic mass is 9.87. The van der Waals surface area contributed by atoms with E-state index >= 15 is 0 Å². The van der Waals surface area contributed by atoms with Crippen molar-refractivity contribution in [3.05, 3.63) is 28.8 Å². The summed E-state index contributed by atoms with van der Waals surface area (Å²) in [5.41, 5.74) is 2.63. The fraction of sp³-hybridized carbons (Fsp3) is 0.643. The summed E-state index contributed by atoms with van der Waals surface area (Å²) >= 11 is 0. The molecule has 4 heterocycles. The number of carbonyl (C=O) groups excluding carboxylic acids is 4. The van der Waals surface area contributed by atoms with Crippen molar-refractivity contribution in [3.8, 4) is 0 Å². The summed E-state index contributed by atoms with van der Waals surface area (Å²) in [5, 5.41) is 5.66. The van der Waals surface area contributed by atoms with E-state index in [0.29, 0.717) is 35.8 Å². The van der Waals surface area contributed by atoms with Crippen LogP contribution in [-0.2, 0) is 20.7 Å². The van der Waals surface area contributed by atoms with E-state index in [1.807, 2.05) is 13.0 Å². The van der Waals surface area contributed by atoms with Crippen molar-refractivity contribution in [2.24, 2.45) is 0 Å². The number of anilines is 1. The number of hydrogen-bond acceptors (Lipinski definition) is 8. The van der Waals surface area contributed by atoms with Gasteiger partial charge < -0.3 is 15.0 Å². The van der Waals surface area contributed by atoms with Crippen molar-refractivity contribution >= 4 is 29.3 Å². The SMILES string of the molecule is CCc1c(N2CCN(C3CC(OC4CCNCC4)C3)CC2)ccc2c1C(=O)N(C1CCC(=O)NC1=O)C2=O. The minimum absolute atomic E-state index is 0.117. The number of nitrogens with zero attached hydrogens (tertiary/aromatic N) is 3. The Hall–Kier alpha value is -2.82. The van der Waals surface area contributed by atoms with Crippen LogP contribution in [-0.4, -0.2) is 97.0 Å². The Morgan fingerprint density at radius 2 is 1.66 bits per heavy atom. The molecule has 4 aliphatic heterocycles. The molecule has 204 valence electrons. The van der Waals surface area contributed by atoms with Crippen LogP contribution in [0, 0.1) is 0 Å².